The van der Waals surface area contributed by atoms with Gasteiger partial charge in [0, 0.05) is 98.5 Å². The molecule has 0 atom stereocenters. The molecule has 96 heavy (non-hydrogen) atoms. The molecule has 0 N–H and O–H groups in total. The van der Waals surface area contributed by atoms with Crippen molar-refractivity contribution in [3.63, 3.8) is 0 Å². The highest BCUT2D eigenvalue weighted by molar-refractivity contribution is 6.17. The zero-order chi connectivity index (χ0) is 63.7. The summed E-state index contributed by atoms with van der Waals surface area (Å²) in [5, 5.41) is 23.3. The van der Waals surface area contributed by atoms with E-state index in [2.05, 4.69) is 247 Å². The van der Waals surface area contributed by atoms with E-state index >= 15 is 13.2 Å². The van der Waals surface area contributed by atoms with Gasteiger partial charge in [-0.15, -0.1) is 0 Å². The number of nitriles is 1. The molecule has 0 radical (unpaired) electrons. The van der Waals surface area contributed by atoms with Crippen molar-refractivity contribution >= 4 is 131 Å². The number of rotatable bonds is 7. The quantitative estimate of drug-likeness (QED) is 0.157. The summed E-state index contributed by atoms with van der Waals surface area (Å²) in [6, 6.07) is 105. The van der Waals surface area contributed by atoms with Crippen LogP contribution in [-0.2, 0) is 6.18 Å². The second-order valence-electron chi connectivity index (χ2n) is 25.0. The number of hydrogen-bond acceptors (Lipinski definition) is 1. The number of benzene rings is 14. The molecule has 10 heteroatoms. The minimum atomic E-state index is -4.84. The van der Waals surface area contributed by atoms with E-state index in [-0.39, 0.29) is 5.69 Å². The lowest BCUT2D eigenvalue weighted by molar-refractivity contribution is -0.137. The van der Waals surface area contributed by atoms with Crippen LogP contribution in [0.5, 0.6) is 0 Å². The molecule has 0 unspecified atom stereocenters. The number of alkyl halides is 3. The summed E-state index contributed by atoms with van der Waals surface area (Å²) in [7, 11) is 0. The maximum Gasteiger partial charge on any atom is 0.418 e. The van der Waals surface area contributed by atoms with Crippen molar-refractivity contribution in [1.82, 2.24) is 27.4 Å². The van der Waals surface area contributed by atoms with Gasteiger partial charge in [-0.3, -0.25) is 0 Å². The van der Waals surface area contributed by atoms with E-state index in [1.54, 1.807) is 18.2 Å². The molecule has 0 aliphatic heterocycles. The van der Waals surface area contributed by atoms with Crippen LogP contribution >= 0.6 is 0 Å². The average Bonchev–Trinajstić information content (AvgIpc) is 1.15. The first-order chi connectivity index (χ1) is 47.3. The van der Waals surface area contributed by atoms with Gasteiger partial charge in [-0.25, -0.2) is 0 Å². The van der Waals surface area contributed by atoms with Gasteiger partial charge >= 0.3 is 6.18 Å². The minimum absolute atomic E-state index is 0.0568. The molecule has 20 aromatic rings. The number of aromatic nitrogens is 6. The Morgan fingerprint density at radius 2 is 0.521 bits per heavy atom. The van der Waals surface area contributed by atoms with Crippen LogP contribution in [0.3, 0.4) is 0 Å². The third-order valence-electron chi connectivity index (χ3n) is 20.0. The standard InChI is InChI=1S/C86H50F3N7/c87-86(88,89)71-27-17-26-65(85(71)96-83-44-39-55(93-76-32-13-5-22-61(76)62-23-6-14-33-77(62)93)49-69(83)70-50-56(40-45-84(70)96)94-78-34-15-7-24-63(78)64-25-8-16-35-79(64)94)66-46-52(51-90)36-41-80(66)95-81-42-37-53(91-72-28-9-1-18-57(72)58-19-2-10-29-73(58)91)47-67(81)68-48-54(38-43-82(68)95)92-74-30-11-3-20-59(74)60-21-4-12-31-75(60)92/h1-50H. The van der Waals surface area contributed by atoms with E-state index < -0.39 is 11.7 Å². The fraction of sp³-hybridized carbons (Fsp3) is 0.0116. The monoisotopic (exact) mass is 1240 g/mol. The molecule has 0 bridgehead atoms. The first kappa shape index (κ1) is 53.8. The first-order valence-corrected chi connectivity index (χ1v) is 32.1. The molecule has 0 saturated carbocycles. The van der Waals surface area contributed by atoms with E-state index in [9.17, 15) is 5.26 Å². The molecular formula is C86H50F3N7. The normalized spacial score (nSPS) is 12.3. The highest BCUT2D eigenvalue weighted by atomic mass is 19.4. The van der Waals surface area contributed by atoms with E-state index in [1.165, 1.54) is 12.1 Å². The second kappa shape index (κ2) is 20.1. The Kier molecular flexibility index (Phi) is 11.3. The van der Waals surface area contributed by atoms with E-state index in [4.69, 9.17) is 0 Å². The van der Waals surface area contributed by atoms with Crippen molar-refractivity contribution < 1.29 is 13.2 Å². The van der Waals surface area contributed by atoms with Crippen LogP contribution in [0, 0.1) is 11.3 Å². The van der Waals surface area contributed by atoms with Crippen LogP contribution in [0.2, 0.25) is 0 Å². The predicted octanol–water partition coefficient (Wildman–Crippen LogP) is 22.8. The Morgan fingerprint density at radius 1 is 0.240 bits per heavy atom. The van der Waals surface area contributed by atoms with Crippen LogP contribution in [0.4, 0.5) is 13.2 Å². The number of fused-ring (bicyclic) bond motifs is 18. The van der Waals surface area contributed by atoms with E-state index in [0.29, 0.717) is 33.4 Å². The second-order valence-corrected chi connectivity index (χ2v) is 25.0. The maximum absolute atomic E-state index is 16.8. The Balaban J connectivity index is 0.875. The molecule has 7 nitrogen and oxygen atoms in total. The van der Waals surface area contributed by atoms with Gasteiger partial charge in [0.15, 0.2) is 0 Å². The molecule has 0 aliphatic rings. The van der Waals surface area contributed by atoms with Crippen molar-refractivity contribution in [3.05, 3.63) is 314 Å². The van der Waals surface area contributed by atoms with Gasteiger partial charge in [-0.2, -0.15) is 18.4 Å². The zero-order valence-corrected chi connectivity index (χ0v) is 51.1. The van der Waals surface area contributed by atoms with E-state index in [0.717, 1.165) is 143 Å². The van der Waals surface area contributed by atoms with Gasteiger partial charge in [0.1, 0.15) is 0 Å². The van der Waals surface area contributed by atoms with Gasteiger partial charge in [0.05, 0.1) is 94.8 Å². The Morgan fingerprint density at radius 3 is 0.812 bits per heavy atom. The summed E-state index contributed by atoms with van der Waals surface area (Å²) >= 11 is 0. The van der Waals surface area contributed by atoms with Crippen molar-refractivity contribution in [2.24, 2.45) is 0 Å². The molecule has 450 valence electrons. The van der Waals surface area contributed by atoms with Crippen molar-refractivity contribution in [3.8, 4) is 51.3 Å². The van der Waals surface area contributed by atoms with E-state index in [1.807, 2.05) is 59.2 Å². The summed E-state index contributed by atoms with van der Waals surface area (Å²) in [4.78, 5) is 0. The van der Waals surface area contributed by atoms with Gasteiger partial charge < -0.3 is 27.4 Å². The largest absolute Gasteiger partial charge is 0.418 e. The summed E-state index contributed by atoms with van der Waals surface area (Å²) in [6.45, 7) is 0. The predicted molar refractivity (Wildman–Crippen MR) is 388 cm³/mol. The molecule has 6 heterocycles. The topological polar surface area (TPSA) is 53.4 Å². The zero-order valence-electron chi connectivity index (χ0n) is 51.1. The number of halogens is 3. The molecular weight excluding hydrogens is 1190 g/mol. The molecule has 0 spiro atoms. The lowest BCUT2D eigenvalue weighted by Gasteiger charge is -2.22. The molecule has 20 rings (SSSR count). The highest BCUT2D eigenvalue weighted by Gasteiger charge is 2.37. The molecule has 0 fully saturated rings. The van der Waals surface area contributed by atoms with Crippen molar-refractivity contribution in [2.75, 3.05) is 0 Å². The lowest BCUT2D eigenvalue weighted by Crippen LogP contribution is -2.13. The van der Waals surface area contributed by atoms with Crippen molar-refractivity contribution in [1.29, 1.82) is 5.26 Å². The third kappa shape index (κ3) is 7.59. The summed E-state index contributed by atoms with van der Waals surface area (Å²) in [5.41, 5.74) is 15.5. The smallest absolute Gasteiger partial charge is 0.309 e. The van der Waals surface area contributed by atoms with Crippen LogP contribution in [0.1, 0.15) is 11.1 Å². The summed E-state index contributed by atoms with van der Waals surface area (Å²) in [5.74, 6) is 0. The van der Waals surface area contributed by atoms with Gasteiger partial charge in [-0.05, 0) is 146 Å². The molecule has 6 aromatic heterocycles. The number of hydrogen-bond donors (Lipinski definition) is 0. The van der Waals surface area contributed by atoms with Crippen molar-refractivity contribution in [2.45, 2.75) is 6.18 Å². The fourth-order valence-corrected chi connectivity index (χ4v) is 16.1. The average molecular weight is 1240 g/mol. The van der Waals surface area contributed by atoms with Crippen LogP contribution < -0.4 is 0 Å². The fourth-order valence-electron chi connectivity index (χ4n) is 16.1. The molecule has 0 saturated heterocycles. The first-order valence-electron chi connectivity index (χ1n) is 32.1. The highest BCUT2D eigenvalue weighted by Crippen LogP contribution is 2.49. The van der Waals surface area contributed by atoms with Crippen LogP contribution in [0.15, 0.2) is 303 Å². The summed E-state index contributed by atoms with van der Waals surface area (Å²) < 4.78 is 63.5. The van der Waals surface area contributed by atoms with Gasteiger partial charge in [0.2, 0.25) is 0 Å². The van der Waals surface area contributed by atoms with Crippen LogP contribution in [0.25, 0.3) is 176 Å². The molecule has 0 amide bonds. The molecule has 14 aromatic carbocycles. The SMILES string of the molecule is N#Cc1ccc(-n2c3ccc(-n4c5ccccc5c5ccccc54)cc3c3cc(-n4c5ccccc5c5ccccc54)ccc32)c(-c2cccc(C(F)(F)F)c2-n2c3ccc(-n4c5ccccc5c5ccccc54)cc3c3cc(-n4c5ccccc5c5ccccc54)ccc32)c1. The van der Waals surface area contributed by atoms with Gasteiger partial charge in [-0.1, -0.05) is 158 Å². The Hall–Kier alpha value is -12.8. The minimum Gasteiger partial charge on any atom is -0.309 e. The Bertz CT molecular complexity index is 6240. The lowest BCUT2D eigenvalue weighted by atomic mass is 9.95. The third-order valence-corrected chi connectivity index (χ3v) is 20.0. The molecule has 0 aliphatic carbocycles. The van der Waals surface area contributed by atoms with Crippen LogP contribution in [-0.4, -0.2) is 27.4 Å². The number of para-hydroxylation sites is 9. The van der Waals surface area contributed by atoms with Gasteiger partial charge in [0.25, 0.3) is 0 Å². The Labute approximate surface area is 545 Å². The summed E-state index contributed by atoms with van der Waals surface area (Å²) in [6.07, 6.45) is -4.84. The number of nitrogens with zero attached hydrogens (tertiary/aromatic N) is 7. The maximum atomic E-state index is 16.8.